The number of carbonyl (C=O) groups is 1. The third-order valence-corrected chi connectivity index (χ3v) is 4.96. The average molecular weight is 361 g/mol. The summed E-state index contributed by atoms with van der Waals surface area (Å²) < 4.78 is 5.67. The Morgan fingerprint density at radius 1 is 1.00 bits per heavy atom. The molecule has 2 heterocycles. The first-order chi connectivity index (χ1) is 13.3. The van der Waals surface area contributed by atoms with Crippen molar-refractivity contribution in [3.63, 3.8) is 0 Å². The van der Waals surface area contributed by atoms with Crippen molar-refractivity contribution < 1.29 is 9.21 Å². The van der Waals surface area contributed by atoms with Gasteiger partial charge in [0.05, 0.1) is 12.3 Å². The normalized spacial score (nSPS) is 15.0. The quantitative estimate of drug-likeness (QED) is 0.716. The van der Waals surface area contributed by atoms with Crippen LogP contribution in [0.2, 0.25) is 0 Å². The van der Waals surface area contributed by atoms with Gasteiger partial charge in [0, 0.05) is 25.3 Å². The summed E-state index contributed by atoms with van der Waals surface area (Å²) in [5.74, 6) is 0.870. The number of furan rings is 1. The van der Waals surface area contributed by atoms with Gasteiger partial charge in [-0.25, -0.2) is 4.79 Å². The van der Waals surface area contributed by atoms with Gasteiger partial charge in [0.2, 0.25) is 0 Å². The molecular weight excluding hydrogens is 338 g/mol. The lowest BCUT2D eigenvalue weighted by Gasteiger charge is -2.34. The van der Waals surface area contributed by atoms with Crippen molar-refractivity contribution in [3.05, 3.63) is 89.9 Å². The zero-order valence-electron chi connectivity index (χ0n) is 15.1. The van der Waals surface area contributed by atoms with Crippen LogP contribution in [0.3, 0.4) is 0 Å². The lowest BCUT2D eigenvalue weighted by atomic mass is 9.98. The molecule has 5 nitrogen and oxygen atoms in total. The lowest BCUT2D eigenvalue weighted by molar-refractivity contribution is 0.156. The number of urea groups is 1. The topological polar surface area (TPSA) is 57.5 Å². The molecule has 4 rings (SSSR count). The Morgan fingerprint density at radius 3 is 2.56 bits per heavy atom. The number of amides is 2. The van der Waals surface area contributed by atoms with Crippen molar-refractivity contribution in [1.82, 2.24) is 10.2 Å². The van der Waals surface area contributed by atoms with Gasteiger partial charge in [0.15, 0.2) is 0 Å². The number of hydrogen-bond donors (Lipinski definition) is 2. The fourth-order valence-corrected chi connectivity index (χ4v) is 3.56. The molecule has 0 bridgehead atoms. The molecule has 5 heteroatoms. The number of anilines is 1. The number of rotatable bonds is 5. The van der Waals surface area contributed by atoms with Crippen molar-refractivity contribution in [2.24, 2.45) is 0 Å². The largest absolute Gasteiger partial charge is 0.468 e. The number of carbonyl (C=O) groups excluding carboxylic acids is 1. The van der Waals surface area contributed by atoms with Crippen LogP contribution in [0.25, 0.3) is 0 Å². The third-order valence-electron chi connectivity index (χ3n) is 4.96. The van der Waals surface area contributed by atoms with E-state index < -0.39 is 0 Å². The van der Waals surface area contributed by atoms with Crippen LogP contribution in [-0.4, -0.2) is 24.0 Å². The summed E-state index contributed by atoms with van der Waals surface area (Å²) >= 11 is 0. The summed E-state index contributed by atoms with van der Waals surface area (Å²) in [5.41, 5.74) is 3.52. The first-order valence-corrected chi connectivity index (χ1v) is 9.24. The first kappa shape index (κ1) is 17.4. The van der Waals surface area contributed by atoms with Crippen LogP contribution in [0.1, 0.15) is 22.9 Å². The summed E-state index contributed by atoms with van der Waals surface area (Å²) in [5, 5.41) is 5.85. The summed E-state index contributed by atoms with van der Waals surface area (Å²) in [6.07, 6.45) is 2.69. The number of para-hydroxylation sites is 1. The van der Waals surface area contributed by atoms with E-state index in [0.717, 1.165) is 31.0 Å². The van der Waals surface area contributed by atoms with Crippen molar-refractivity contribution in [1.29, 1.82) is 0 Å². The van der Waals surface area contributed by atoms with Crippen molar-refractivity contribution in [3.8, 4) is 0 Å². The lowest BCUT2D eigenvalue weighted by Crippen LogP contribution is -2.41. The summed E-state index contributed by atoms with van der Waals surface area (Å²) in [7, 11) is 0. The van der Waals surface area contributed by atoms with Crippen LogP contribution in [0.4, 0.5) is 10.5 Å². The molecule has 1 atom stereocenters. The standard InChI is InChI=1S/C22H23N3O2/c26-22(24-19-9-2-1-3-10-19)23-15-20(21-11-6-14-27-21)25-13-12-17-7-4-5-8-18(17)16-25/h1-11,14,20H,12-13,15-16H2,(H2,23,24,26). The maximum atomic E-state index is 12.3. The molecule has 0 fully saturated rings. The number of nitrogens with zero attached hydrogens (tertiary/aromatic N) is 1. The Morgan fingerprint density at radius 2 is 1.78 bits per heavy atom. The van der Waals surface area contributed by atoms with Crippen LogP contribution in [0.5, 0.6) is 0 Å². The highest BCUT2D eigenvalue weighted by atomic mass is 16.3. The Balaban J connectivity index is 1.44. The van der Waals surface area contributed by atoms with Crippen LogP contribution < -0.4 is 10.6 Å². The molecule has 1 aliphatic heterocycles. The second-order valence-corrected chi connectivity index (χ2v) is 6.72. The van der Waals surface area contributed by atoms with E-state index in [1.54, 1.807) is 6.26 Å². The summed E-state index contributed by atoms with van der Waals surface area (Å²) in [6, 6.07) is 21.6. The van der Waals surface area contributed by atoms with Gasteiger partial charge in [0.25, 0.3) is 0 Å². The molecule has 0 radical (unpaired) electrons. The molecule has 0 saturated heterocycles. The van der Waals surface area contributed by atoms with Gasteiger partial charge in [-0.15, -0.1) is 0 Å². The minimum atomic E-state index is -0.213. The molecule has 0 spiro atoms. The zero-order chi connectivity index (χ0) is 18.5. The number of nitrogens with one attached hydrogen (secondary N) is 2. The van der Waals surface area contributed by atoms with Gasteiger partial charge >= 0.3 is 6.03 Å². The van der Waals surface area contributed by atoms with Crippen molar-refractivity contribution in [2.45, 2.75) is 19.0 Å². The first-order valence-electron chi connectivity index (χ1n) is 9.24. The predicted octanol–water partition coefficient (Wildman–Crippen LogP) is 4.20. The molecule has 2 aromatic carbocycles. The van der Waals surface area contributed by atoms with Crippen LogP contribution in [-0.2, 0) is 13.0 Å². The fourth-order valence-electron chi connectivity index (χ4n) is 3.56. The third kappa shape index (κ3) is 4.20. The van der Waals surface area contributed by atoms with Crippen molar-refractivity contribution in [2.75, 3.05) is 18.4 Å². The highest BCUT2D eigenvalue weighted by Gasteiger charge is 2.27. The van der Waals surface area contributed by atoms with Crippen LogP contribution in [0, 0.1) is 0 Å². The van der Waals surface area contributed by atoms with E-state index in [1.807, 2.05) is 42.5 Å². The second kappa shape index (κ2) is 8.10. The minimum Gasteiger partial charge on any atom is -0.468 e. The van der Waals surface area contributed by atoms with Gasteiger partial charge < -0.3 is 15.1 Å². The molecule has 0 saturated carbocycles. The maximum Gasteiger partial charge on any atom is 0.319 e. The average Bonchev–Trinajstić information content (AvgIpc) is 3.23. The summed E-state index contributed by atoms with van der Waals surface area (Å²) in [4.78, 5) is 14.7. The van der Waals surface area contributed by atoms with E-state index in [4.69, 9.17) is 4.42 Å². The van der Waals surface area contributed by atoms with Gasteiger partial charge in [-0.1, -0.05) is 42.5 Å². The minimum absolute atomic E-state index is 0.00474. The molecule has 3 aromatic rings. The Kier molecular flexibility index (Phi) is 5.21. The van der Waals surface area contributed by atoms with E-state index in [9.17, 15) is 4.79 Å². The highest BCUT2D eigenvalue weighted by Crippen LogP contribution is 2.27. The molecule has 1 aromatic heterocycles. The maximum absolute atomic E-state index is 12.3. The van der Waals surface area contributed by atoms with Crippen LogP contribution >= 0.6 is 0 Å². The molecule has 138 valence electrons. The van der Waals surface area contributed by atoms with Crippen LogP contribution in [0.15, 0.2) is 77.4 Å². The summed E-state index contributed by atoms with van der Waals surface area (Å²) in [6.45, 7) is 2.27. The molecule has 2 amide bonds. The smallest absolute Gasteiger partial charge is 0.319 e. The van der Waals surface area contributed by atoms with E-state index >= 15 is 0 Å². The molecule has 1 unspecified atom stereocenters. The molecule has 0 aliphatic carbocycles. The Bertz CT molecular complexity index is 878. The van der Waals surface area contributed by atoms with E-state index in [2.05, 4.69) is 39.8 Å². The number of benzene rings is 2. The van der Waals surface area contributed by atoms with Gasteiger partial charge in [-0.05, 0) is 41.8 Å². The molecule has 2 N–H and O–H groups in total. The van der Waals surface area contributed by atoms with Crippen molar-refractivity contribution >= 4 is 11.7 Å². The SMILES string of the molecule is O=C(NCC(c1ccco1)N1CCc2ccccc2C1)Nc1ccccc1. The van der Waals surface area contributed by atoms with E-state index in [1.165, 1.54) is 11.1 Å². The van der Waals surface area contributed by atoms with Gasteiger partial charge in [0.1, 0.15) is 5.76 Å². The zero-order valence-corrected chi connectivity index (χ0v) is 15.1. The Labute approximate surface area is 159 Å². The molecule has 1 aliphatic rings. The monoisotopic (exact) mass is 361 g/mol. The fraction of sp³-hybridized carbons (Fsp3) is 0.227. The molecular formula is C22H23N3O2. The van der Waals surface area contributed by atoms with Gasteiger partial charge in [-0.3, -0.25) is 4.90 Å². The van der Waals surface area contributed by atoms with E-state index in [-0.39, 0.29) is 12.1 Å². The number of hydrogen-bond acceptors (Lipinski definition) is 3. The molecule has 27 heavy (non-hydrogen) atoms. The Hall–Kier alpha value is -3.05. The van der Waals surface area contributed by atoms with Gasteiger partial charge in [-0.2, -0.15) is 0 Å². The number of fused-ring (bicyclic) bond motifs is 1. The van der Waals surface area contributed by atoms with E-state index in [0.29, 0.717) is 6.54 Å². The predicted molar refractivity (Wildman–Crippen MR) is 105 cm³/mol. The highest BCUT2D eigenvalue weighted by molar-refractivity contribution is 5.89. The second-order valence-electron chi connectivity index (χ2n) is 6.72.